The SMILES string of the molecule is CCCc1c(C)[nH]c2ccc(C(=O)O)cc2c1=O. The van der Waals surface area contributed by atoms with Gasteiger partial charge in [0, 0.05) is 22.2 Å². The number of carbonyl (C=O) groups is 1. The smallest absolute Gasteiger partial charge is 0.335 e. The highest BCUT2D eigenvalue weighted by molar-refractivity contribution is 5.93. The molecule has 1 aromatic heterocycles. The van der Waals surface area contributed by atoms with Crippen LogP contribution in [0.25, 0.3) is 10.9 Å². The molecule has 2 aromatic rings. The van der Waals surface area contributed by atoms with Crippen molar-refractivity contribution < 1.29 is 9.90 Å². The maximum absolute atomic E-state index is 12.3. The van der Waals surface area contributed by atoms with E-state index in [1.165, 1.54) is 12.1 Å². The van der Waals surface area contributed by atoms with Crippen molar-refractivity contribution in [2.24, 2.45) is 0 Å². The van der Waals surface area contributed by atoms with Gasteiger partial charge in [-0.3, -0.25) is 4.79 Å². The van der Waals surface area contributed by atoms with Crippen LogP contribution in [0.2, 0.25) is 0 Å². The van der Waals surface area contributed by atoms with Crippen LogP contribution in [-0.4, -0.2) is 16.1 Å². The summed E-state index contributed by atoms with van der Waals surface area (Å²) < 4.78 is 0. The second kappa shape index (κ2) is 4.64. The van der Waals surface area contributed by atoms with Gasteiger partial charge in [0.15, 0.2) is 5.43 Å². The molecule has 0 aliphatic heterocycles. The molecule has 4 heteroatoms. The second-order valence-electron chi connectivity index (χ2n) is 4.37. The van der Waals surface area contributed by atoms with Crippen molar-refractivity contribution in [2.75, 3.05) is 0 Å². The molecule has 4 nitrogen and oxygen atoms in total. The highest BCUT2D eigenvalue weighted by atomic mass is 16.4. The van der Waals surface area contributed by atoms with Gasteiger partial charge in [-0.1, -0.05) is 13.3 Å². The van der Waals surface area contributed by atoms with Gasteiger partial charge in [-0.15, -0.1) is 0 Å². The summed E-state index contributed by atoms with van der Waals surface area (Å²) in [6, 6.07) is 4.58. The van der Waals surface area contributed by atoms with E-state index < -0.39 is 5.97 Å². The van der Waals surface area contributed by atoms with Crippen molar-refractivity contribution in [3.63, 3.8) is 0 Å². The molecule has 0 bridgehead atoms. The molecule has 0 unspecified atom stereocenters. The molecule has 0 spiro atoms. The lowest BCUT2D eigenvalue weighted by atomic mass is 10.0. The van der Waals surface area contributed by atoms with Gasteiger partial charge in [0.2, 0.25) is 0 Å². The van der Waals surface area contributed by atoms with E-state index in [-0.39, 0.29) is 11.0 Å². The molecule has 2 rings (SSSR count). The standard InChI is InChI=1S/C14H15NO3/c1-3-4-10-8(2)15-12-6-5-9(14(17)18)7-11(12)13(10)16/h5-7H,3-4H2,1-2H3,(H,15,16)(H,17,18). The zero-order valence-electron chi connectivity index (χ0n) is 10.4. The zero-order chi connectivity index (χ0) is 13.3. The Hall–Kier alpha value is -2.10. The number of nitrogens with one attached hydrogen (secondary N) is 1. The summed E-state index contributed by atoms with van der Waals surface area (Å²) in [5.74, 6) is -1.02. The maximum atomic E-state index is 12.3. The first-order valence-corrected chi connectivity index (χ1v) is 5.93. The molecule has 1 heterocycles. The highest BCUT2D eigenvalue weighted by Crippen LogP contribution is 2.14. The number of aromatic carboxylic acids is 1. The van der Waals surface area contributed by atoms with E-state index >= 15 is 0 Å². The molecule has 94 valence electrons. The van der Waals surface area contributed by atoms with Crippen LogP contribution in [0.5, 0.6) is 0 Å². The largest absolute Gasteiger partial charge is 0.478 e. The van der Waals surface area contributed by atoms with Gasteiger partial charge in [-0.05, 0) is 31.5 Å². The van der Waals surface area contributed by atoms with Gasteiger partial charge in [-0.2, -0.15) is 0 Å². The van der Waals surface area contributed by atoms with E-state index in [0.717, 1.165) is 17.7 Å². The molecule has 0 saturated heterocycles. The number of H-pyrrole nitrogens is 1. The Morgan fingerprint density at radius 1 is 1.39 bits per heavy atom. The summed E-state index contributed by atoms with van der Waals surface area (Å²) >= 11 is 0. The van der Waals surface area contributed by atoms with E-state index in [4.69, 9.17) is 5.11 Å². The lowest BCUT2D eigenvalue weighted by molar-refractivity contribution is 0.0697. The van der Waals surface area contributed by atoms with Gasteiger partial charge in [0.1, 0.15) is 0 Å². The molecule has 0 fully saturated rings. The summed E-state index contributed by atoms with van der Waals surface area (Å²) in [6.07, 6.45) is 1.59. The fraction of sp³-hybridized carbons (Fsp3) is 0.286. The van der Waals surface area contributed by atoms with E-state index in [1.807, 2.05) is 13.8 Å². The number of rotatable bonds is 3. The molecule has 0 amide bonds. The molecule has 0 radical (unpaired) electrons. The Bertz CT molecular complexity index is 671. The first kappa shape index (κ1) is 12.4. The van der Waals surface area contributed by atoms with E-state index in [2.05, 4.69) is 4.98 Å². The molecule has 0 atom stereocenters. The molecule has 2 N–H and O–H groups in total. The Kier molecular flexibility index (Phi) is 3.19. The molecule has 1 aromatic carbocycles. The number of aromatic amines is 1. The molecule has 0 saturated carbocycles. The topological polar surface area (TPSA) is 70.2 Å². The van der Waals surface area contributed by atoms with Crippen molar-refractivity contribution in [1.82, 2.24) is 4.98 Å². The third kappa shape index (κ3) is 2.01. The lowest BCUT2D eigenvalue weighted by Gasteiger charge is -2.07. The second-order valence-corrected chi connectivity index (χ2v) is 4.37. The number of aryl methyl sites for hydroxylation is 1. The average molecular weight is 245 g/mol. The number of hydrogen-bond donors (Lipinski definition) is 2. The van der Waals surface area contributed by atoms with Crippen LogP contribution < -0.4 is 5.43 Å². The Labute approximate surface area is 104 Å². The number of benzene rings is 1. The summed E-state index contributed by atoms with van der Waals surface area (Å²) in [5.41, 5.74) is 2.36. The Balaban J connectivity index is 2.77. The fourth-order valence-electron chi connectivity index (χ4n) is 2.14. The number of carboxylic acid groups (broad SMARTS) is 1. The van der Waals surface area contributed by atoms with Gasteiger partial charge in [-0.25, -0.2) is 4.79 Å². The van der Waals surface area contributed by atoms with Crippen LogP contribution >= 0.6 is 0 Å². The van der Waals surface area contributed by atoms with Crippen LogP contribution in [0.4, 0.5) is 0 Å². The Morgan fingerprint density at radius 2 is 2.11 bits per heavy atom. The van der Waals surface area contributed by atoms with Crippen LogP contribution in [0.1, 0.15) is 35.0 Å². The zero-order valence-corrected chi connectivity index (χ0v) is 10.4. The van der Waals surface area contributed by atoms with Gasteiger partial charge in [0.25, 0.3) is 0 Å². The number of fused-ring (bicyclic) bond motifs is 1. The predicted molar refractivity (Wildman–Crippen MR) is 70.3 cm³/mol. The molecular weight excluding hydrogens is 230 g/mol. The number of pyridine rings is 1. The van der Waals surface area contributed by atoms with Crippen LogP contribution in [-0.2, 0) is 6.42 Å². The van der Waals surface area contributed by atoms with Crippen LogP contribution in [0.15, 0.2) is 23.0 Å². The highest BCUT2D eigenvalue weighted by Gasteiger charge is 2.11. The molecular formula is C14H15NO3. The van der Waals surface area contributed by atoms with E-state index in [1.54, 1.807) is 6.07 Å². The summed E-state index contributed by atoms with van der Waals surface area (Å²) in [7, 11) is 0. The van der Waals surface area contributed by atoms with Crippen molar-refractivity contribution in [3.8, 4) is 0 Å². The first-order chi connectivity index (χ1) is 8.54. The fourth-order valence-corrected chi connectivity index (χ4v) is 2.14. The molecule has 0 aliphatic rings. The third-order valence-corrected chi connectivity index (χ3v) is 3.06. The van der Waals surface area contributed by atoms with Crippen molar-refractivity contribution in [3.05, 3.63) is 45.2 Å². The Morgan fingerprint density at radius 3 is 2.72 bits per heavy atom. The maximum Gasteiger partial charge on any atom is 0.335 e. The van der Waals surface area contributed by atoms with E-state index in [9.17, 15) is 9.59 Å². The van der Waals surface area contributed by atoms with Crippen molar-refractivity contribution in [2.45, 2.75) is 26.7 Å². The lowest BCUT2D eigenvalue weighted by Crippen LogP contribution is -2.13. The average Bonchev–Trinajstić information content (AvgIpc) is 2.34. The minimum Gasteiger partial charge on any atom is -0.478 e. The third-order valence-electron chi connectivity index (χ3n) is 3.06. The minimum absolute atomic E-state index is 0.0637. The van der Waals surface area contributed by atoms with Gasteiger partial charge in [0.05, 0.1) is 5.56 Å². The summed E-state index contributed by atoms with van der Waals surface area (Å²) in [4.78, 5) is 26.4. The van der Waals surface area contributed by atoms with Crippen molar-refractivity contribution in [1.29, 1.82) is 0 Å². The molecule has 18 heavy (non-hydrogen) atoms. The number of carboxylic acids is 1. The van der Waals surface area contributed by atoms with Gasteiger partial charge < -0.3 is 10.1 Å². The normalized spacial score (nSPS) is 10.8. The number of hydrogen-bond acceptors (Lipinski definition) is 2. The first-order valence-electron chi connectivity index (χ1n) is 5.93. The minimum atomic E-state index is -1.02. The van der Waals surface area contributed by atoms with Gasteiger partial charge >= 0.3 is 5.97 Å². The quantitative estimate of drug-likeness (QED) is 0.872. The predicted octanol–water partition coefficient (Wildman–Crippen LogP) is 2.49. The van der Waals surface area contributed by atoms with Crippen LogP contribution in [0, 0.1) is 6.92 Å². The van der Waals surface area contributed by atoms with Crippen molar-refractivity contribution >= 4 is 16.9 Å². The van der Waals surface area contributed by atoms with Crippen LogP contribution in [0.3, 0.4) is 0 Å². The molecule has 0 aliphatic carbocycles. The van der Waals surface area contributed by atoms with E-state index in [0.29, 0.717) is 17.3 Å². The number of aromatic nitrogens is 1. The monoisotopic (exact) mass is 245 g/mol. The summed E-state index contributed by atoms with van der Waals surface area (Å²) in [5, 5.41) is 9.40. The summed E-state index contributed by atoms with van der Waals surface area (Å²) in [6.45, 7) is 3.88.